The molecule has 8 nitrogen and oxygen atoms in total. The van der Waals surface area contributed by atoms with Crippen molar-refractivity contribution in [2.45, 2.75) is 26.3 Å². The maximum atomic E-state index is 12.7. The number of carbonyl (C=O) groups excluding carboxylic acids is 2. The minimum atomic E-state index is -0.451. The van der Waals surface area contributed by atoms with Crippen molar-refractivity contribution >= 4 is 35.3 Å². The molecule has 1 aromatic rings. The number of nitrogens with zero attached hydrogens (tertiary/aromatic N) is 4. The van der Waals surface area contributed by atoms with Gasteiger partial charge in [-0.05, 0) is 25.4 Å². The Kier molecular flexibility index (Phi) is 6.86. The minimum absolute atomic E-state index is 0.0118. The second-order valence-corrected chi connectivity index (χ2v) is 7.06. The van der Waals surface area contributed by atoms with E-state index >= 15 is 0 Å². The first-order valence-corrected chi connectivity index (χ1v) is 9.71. The van der Waals surface area contributed by atoms with Crippen molar-refractivity contribution < 1.29 is 9.59 Å². The summed E-state index contributed by atoms with van der Waals surface area (Å²) in [6.07, 6.45) is 2.63. The zero-order valence-corrected chi connectivity index (χ0v) is 15.8. The monoisotopic (exact) mass is 366 g/mol. The Hall–Kier alpha value is -2.03. The van der Waals surface area contributed by atoms with Gasteiger partial charge >= 0.3 is 0 Å². The molecule has 138 valence electrons. The molecule has 2 amide bonds. The maximum absolute atomic E-state index is 12.7. The van der Waals surface area contributed by atoms with Gasteiger partial charge in [0.05, 0.1) is 0 Å². The molecule has 0 aliphatic carbocycles. The van der Waals surface area contributed by atoms with E-state index in [-0.39, 0.29) is 17.8 Å². The van der Waals surface area contributed by atoms with Gasteiger partial charge in [-0.1, -0.05) is 0 Å². The average molecular weight is 366 g/mol. The van der Waals surface area contributed by atoms with Crippen molar-refractivity contribution in [3.05, 3.63) is 11.8 Å². The first-order chi connectivity index (χ1) is 11.9. The molecule has 3 N–H and O–H groups in total. The summed E-state index contributed by atoms with van der Waals surface area (Å²) in [6, 6.07) is 1.44. The van der Waals surface area contributed by atoms with Crippen LogP contribution in [0.4, 0.5) is 11.8 Å². The fourth-order valence-corrected chi connectivity index (χ4v) is 3.32. The number of nitrogens with one attached hydrogen (secondary N) is 1. The van der Waals surface area contributed by atoms with E-state index in [0.717, 1.165) is 17.3 Å². The van der Waals surface area contributed by atoms with E-state index < -0.39 is 6.04 Å². The predicted molar refractivity (Wildman–Crippen MR) is 101 cm³/mol. The molecule has 1 fully saturated rings. The van der Waals surface area contributed by atoms with Crippen LogP contribution in [-0.4, -0.2) is 70.9 Å². The minimum Gasteiger partial charge on any atom is -0.368 e. The van der Waals surface area contributed by atoms with Gasteiger partial charge in [-0.2, -0.15) is 16.7 Å². The summed E-state index contributed by atoms with van der Waals surface area (Å²) in [5.41, 5.74) is 6.54. The van der Waals surface area contributed by atoms with Gasteiger partial charge in [-0.15, -0.1) is 0 Å². The largest absolute Gasteiger partial charge is 0.368 e. The third-order valence-corrected chi connectivity index (χ3v) is 4.70. The van der Waals surface area contributed by atoms with Gasteiger partial charge in [0, 0.05) is 44.9 Å². The maximum Gasteiger partial charge on any atom is 0.245 e. The molecule has 1 aliphatic rings. The van der Waals surface area contributed by atoms with Crippen LogP contribution in [0.1, 0.15) is 19.0 Å². The SMILES string of the molecule is CSCC[C@H](NC(C)=O)C(=O)N1CCN(c2cc(C)nc(N)n2)CC1. The highest BCUT2D eigenvalue weighted by atomic mass is 32.2. The molecule has 9 heteroatoms. The molecule has 0 saturated carbocycles. The van der Waals surface area contributed by atoms with Gasteiger partial charge in [0.15, 0.2) is 0 Å². The molecule has 1 saturated heterocycles. The van der Waals surface area contributed by atoms with Crippen LogP contribution in [0, 0.1) is 6.92 Å². The molecule has 1 atom stereocenters. The first kappa shape index (κ1) is 19.3. The number of hydrogen-bond donors (Lipinski definition) is 2. The molecule has 2 heterocycles. The Bertz CT molecular complexity index is 598. The van der Waals surface area contributed by atoms with E-state index in [1.165, 1.54) is 6.92 Å². The Morgan fingerprint density at radius 1 is 1.32 bits per heavy atom. The van der Waals surface area contributed by atoms with Crippen LogP contribution in [0.5, 0.6) is 0 Å². The molecule has 25 heavy (non-hydrogen) atoms. The van der Waals surface area contributed by atoms with Crippen LogP contribution in [0.25, 0.3) is 0 Å². The molecule has 0 unspecified atom stereocenters. The van der Waals surface area contributed by atoms with Crippen LogP contribution >= 0.6 is 11.8 Å². The van der Waals surface area contributed by atoms with Crippen molar-refractivity contribution in [2.75, 3.05) is 48.8 Å². The number of aryl methyl sites for hydroxylation is 1. The summed E-state index contributed by atoms with van der Waals surface area (Å²) >= 11 is 1.67. The lowest BCUT2D eigenvalue weighted by Crippen LogP contribution is -2.55. The zero-order valence-electron chi connectivity index (χ0n) is 15.0. The number of nitrogen functional groups attached to an aromatic ring is 1. The number of carbonyl (C=O) groups is 2. The van der Waals surface area contributed by atoms with Gasteiger partial charge in [-0.25, -0.2) is 4.98 Å². The summed E-state index contributed by atoms with van der Waals surface area (Å²) in [5.74, 6) is 1.69. The van der Waals surface area contributed by atoms with Crippen molar-refractivity contribution in [3.8, 4) is 0 Å². The Balaban J connectivity index is 1.97. The van der Waals surface area contributed by atoms with Gasteiger partial charge in [0.25, 0.3) is 0 Å². The van der Waals surface area contributed by atoms with E-state index in [1.54, 1.807) is 11.8 Å². The van der Waals surface area contributed by atoms with E-state index in [0.29, 0.717) is 32.6 Å². The predicted octanol–water partition coefficient (Wildman–Crippen LogP) is 0.274. The fraction of sp³-hybridized carbons (Fsp3) is 0.625. The highest BCUT2D eigenvalue weighted by Crippen LogP contribution is 2.16. The van der Waals surface area contributed by atoms with Crippen molar-refractivity contribution in [1.29, 1.82) is 0 Å². The molecule has 2 rings (SSSR count). The second kappa shape index (κ2) is 8.89. The average Bonchev–Trinajstić information content (AvgIpc) is 2.57. The van der Waals surface area contributed by atoms with Crippen molar-refractivity contribution in [3.63, 3.8) is 0 Å². The quantitative estimate of drug-likeness (QED) is 0.745. The van der Waals surface area contributed by atoms with Crippen LogP contribution in [0.15, 0.2) is 6.07 Å². The van der Waals surface area contributed by atoms with E-state index in [9.17, 15) is 9.59 Å². The lowest BCUT2D eigenvalue weighted by molar-refractivity contribution is -0.136. The van der Waals surface area contributed by atoms with Crippen LogP contribution in [-0.2, 0) is 9.59 Å². The molecular formula is C16H26N6O2S. The Labute approximate surface area is 152 Å². The van der Waals surface area contributed by atoms with Crippen LogP contribution in [0.3, 0.4) is 0 Å². The molecule has 1 aromatic heterocycles. The molecule has 0 bridgehead atoms. The second-order valence-electron chi connectivity index (χ2n) is 6.07. The van der Waals surface area contributed by atoms with Crippen LogP contribution in [0.2, 0.25) is 0 Å². The summed E-state index contributed by atoms with van der Waals surface area (Å²) in [4.78, 5) is 36.4. The number of thioether (sulfide) groups is 1. The number of rotatable bonds is 6. The zero-order chi connectivity index (χ0) is 18.4. The summed E-state index contributed by atoms with van der Waals surface area (Å²) in [5, 5.41) is 2.78. The number of anilines is 2. The van der Waals surface area contributed by atoms with Crippen molar-refractivity contribution in [2.24, 2.45) is 0 Å². The van der Waals surface area contributed by atoms with E-state index in [4.69, 9.17) is 5.73 Å². The normalized spacial score (nSPS) is 15.8. The smallest absolute Gasteiger partial charge is 0.245 e. The standard InChI is InChI=1S/C16H26N6O2S/c1-11-10-14(20-16(17)18-11)21-5-7-22(8-6-21)15(24)13(4-9-25-3)19-12(2)23/h10,13H,4-9H2,1-3H3,(H,19,23)(H2,17,18,20)/t13-/m0/s1. The fourth-order valence-electron chi connectivity index (χ4n) is 2.85. The lowest BCUT2D eigenvalue weighted by atomic mass is 10.1. The number of nitrogens with two attached hydrogens (primary N) is 1. The number of piperazine rings is 1. The highest BCUT2D eigenvalue weighted by Gasteiger charge is 2.28. The molecule has 0 radical (unpaired) electrons. The third-order valence-electron chi connectivity index (χ3n) is 4.06. The summed E-state index contributed by atoms with van der Waals surface area (Å²) < 4.78 is 0. The van der Waals surface area contributed by atoms with Gasteiger partial charge < -0.3 is 20.9 Å². The molecular weight excluding hydrogens is 340 g/mol. The molecule has 0 spiro atoms. The molecule has 0 aromatic carbocycles. The summed E-state index contributed by atoms with van der Waals surface area (Å²) in [7, 11) is 0. The first-order valence-electron chi connectivity index (χ1n) is 8.31. The third kappa shape index (κ3) is 5.48. The van der Waals surface area contributed by atoms with E-state index in [1.807, 2.05) is 24.1 Å². The van der Waals surface area contributed by atoms with Gasteiger partial charge in [0.1, 0.15) is 11.9 Å². The van der Waals surface area contributed by atoms with Gasteiger partial charge in [0.2, 0.25) is 17.8 Å². The number of hydrogen-bond acceptors (Lipinski definition) is 7. The number of amides is 2. The molecule has 1 aliphatic heterocycles. The Morgan fingerprint density at radius 3 is 2.56 bits per heavy atom. The number of aromatic nitrogens is 2. The van der Waals surface area contributed by atoms with Crippen LogP contribution < -0.4 is 16.0 Å². The lowest BCUT2D eigenvalue weighted by Gasteiger charge is -2.37. The highest BCUT2D eigenvalue weighted by molar-refractivity contribution is 7.98. The summed E-state index contributed by atoms with van der Waals surface area (Å²) in [6.45, 7) is 5.87. The topological polar surface area (TPSA) is 104 Å². The van der Waals surface area contributed by atoms with Crippen molar-refractivity contribution in [1.82, 2.24) is 20.2 Å². The van der Waals surface area contributed by atoms with Gasteiger partial charge in [-0.3, -0.25) is 9.59 Å². The van der Waals surface area contributed by atoms with E-state index in [2.05, 4.69) is 20.2 Å². The Morgan fingerprint density at radius 2 is 2.00 bits per heavy atom.